The second kappa shape index (κ2) is 5.88. The molecule has 0 saturated heterocycles. The van der Waals surface area contributed by atoms with Gasteiger partial charge < -0.3 is 4.57 Å². The highest BCUT2D eigenvalue weighted by atomic mass is 79.9. The van der Waals surface area contributed by atoms with Crippen LogP contribution in [0, 0.1) is 0 Å². The van der Waals surface area contributed by atoms with Crippen LogP contribution in [-0.4, -0.2) is 10.8 Å². The van der Waals surface area contributed by atoms with E-state index < -0.39 is 0 Å². The molecule has 0 fully saturated rings. The first-order valence-electron chi connectivity index (χ1n) is 6.34. The van der Waals surface area contributed by atoms with Gasteiger partial charge in [-0.2, -0.15) is 0 Å². The molecule has 3 aromatic rings. The SMILES string of the molecule is Brc1cccc(N=Cc2ccn(-c3ccccc3)c2)c1. The molecule has 3 heteroatoms. The zero-order valence-electron chi connectivity index (χ0n) is 10.8. The first kappa shape index (κ1) is 12.9. The number of rotatable bonds is 3. The molecule has 0 aliphatic heterocycles. The Kier molecular flexibility index (Phi) is 3.79. The molecule has 0 aliphatic carbocycles. The van der Waals surface area contributed by atoms with E-state index in [0.29, 0.717) is 0 Å². The highest BCUT2D eigenvalue weighted by Crippen LogP contribution is 2.18. The summed E-state index contributed by atoms with van der Waals surface area (Å²) in [6, 6.07) is 20.2. The molecular weight excluding hydrogens is 312 g/mol. The van der Waals surface area contributed by atoms with Crippen molar-refractivity contribution in [3.05, 3.63) is 83.1 Å². The number of halogens is 1. The Hall–Kier alpha value is -2.13. The Morgan fingerprint density at radius 3 is 2.60 bits per heavy atom. The molecule has 98 valence electrons. The predicted octanol–water partition coefficient (Wildman–Crippen LogP) is 4.99. The van der Waals surface area contributed by atoms with Crippen molar-refractivity contribution in [2.75, 3.05) is 0 Å². The van der Waals surface area contributed by atoms with Crippen LogP contribution in [0.25, 0.3) is 5.69 Å². The van der Waals surface area contributed by atoms with Gasteiger partial charge in [-0.3, -0.25) is 4.99 Å². The zero-order chi connectivity index (χ0) is 13.8. The van der Waals surface area contributed by atoms with Crippen LogP contribution in [0.4, 0.5) is 5.69 Å². The van der Waals surface area contributed by atoms with Crippen LogP contribution in [0.5, 0.6) is 0 Å². The molecule has 1 aromatic heterocycles. The number of aliphatic imine (C=N–C) groups is 1. The molecule has 0 bridgehead atoms. The third-order valence-corrected chi connectivity index (χ3v) is 3.43. The fraction of sp³-hybridized carbons (Fsp3) is 0. The monoisotopic (exact) mass is 324 g/mol. The lowest BCUT2D eigenvalue weighted by molar-refractivity contribution is 1.08. The Morgan fingerprint density at radius 2 is 1.80 bits per heavy atom. The van der Waals surface area contributed by atoms with Crippen molar-refractivity contribution in [1.29, 1.82) is 0 Å². The van der Waals surface area contributed by atoms with E-state index in [9.17, 15) is 0 Å². The first-order chi connectivity index (χ1) is 9.81. The summed E-state index contributed by atoms with van der Waals surface area (Å²) >= 11 is 3.45. The van der Waals surface area contributed by atoms with Crippen LogP contribution in [0.1, 0.15) is 5.56 Å². The van der Waals surface area contributed by atoms with E-state index in [0.717, 1.165) is 21.4 Å². The van der Waals surface area contributed by atoms with Crippen LogP contribution in [0.2, 0.25) is 0 Å². The van der Waals surface area contributed by atoms with Crippen LogP contribution in [0.3, 0.4) is 0 Å². The van der Waals surface area contributed by atoms with Gasteiger partial charge >= 0.3 is 0 Å². The topological polar surface area (TPSA) is 17.3 Å². The second-order valence-corrected chi connectivity index (χ2v) is 5.34. The minimum Gasteiger partial charge on any atom is -0.323 e. The molecule has 1 heterocycles. The van der Waals surface area contributed by atoms with Crippen molar-refractivity contribution >= 4 is 27.8 Å². The molecule has 0 aliphatic rings. The van der Waals surface area contributed by atoms with Gasteiger partial charge in [0.15, 0.2) is 0 Å². The summed E-state index contributed by atoms with van der Waals surface area (Å²) in [6.45, 7) is 0. The van der Waals surface area contributed by atoms with E-state index in [1.165, 1.54) is 0 Å². The Morgan fingerprint density at radius 1 is 0.950 bits per heavy atom. The van der Waals surface area contributed by atoms with Gasteiger partial charge in [0.2, 0.25) is 0 Å². The fourth-order valence-corrected chi connectivity index (χ4v) is 2.34. The maximum atomic E-state index is 4.48. The van der Waals surface area contributed by atoms with Gasteiger partial charge in [-0.15, -0.1) is 0 Å². The van der Waals surface area contributed by atoms with Crippen molar-refractivity contribution < 1.29 is 0 Å². The molecule has 0 unspecified atom stereocenters. The molecule has 0 spiro atoms. The maximum Gasteiger partial charge on any atom is 0.0641 e. The number of benzene rings is 2. The third kappa shape index (κ3) is 3.06. The Balaban J connectivity index is 1.81. The van der Waals surface area contributed by atoms with Gasteiger partial charge in [0.05, 0.1) is 5.69 Å². The molecule has 0 amide bonds. The molecule has 0 saturated carbocycles. The molecule has 0 atom stereocenters. The first-order valence-corrected chi connectivity index (χ1v) is 7.14. The van der Waals surface area contributed by atoms with E-state index >= 15 is 0 Å². The van der Waals surface area contributed by atoms with Gasteiger partial charge in [-0.25, -0.2) is 0 Å². The molecule has 0 radical (unpaired) electrons. The lowest BCUT2D eigenvalue weighted by Crippen LogP contribution is -1.88. The van der Waals surface area contributed by atoms with Gasteiger partial charge in [0.1, 0.15) is 0 Å². The molecule has 2 nitrogen and oxygen atoms in total. The number of para-hydroxylation sites is 1. The van der Waals surface area contributed by atoms with E-state index in [2.05, 4.69) is 49.9 Å². The maximum absolute atomic E-state index is 4.48. The largest absolute Gasteiger partial charge is 0.323 e. The number of nitrogens with zero attached hydrogens (tertiary/aromatic N) is 2. The van der Waals surface area contributed by atoms with Crippen molar-refractivity contribution in [3.63, 3.8) is 0 Å². The highest BCUT2D eigenvalue weighted by molar-refractivity contribution is 9.10. The number of hydrogen-bond donors (Lipinski definition) is 0. The molecule has 3 rings (SSSR count). The average Bonchev–Trinajstić information content (AvgIpc) is 2.95. The van der Waals surface area contributed by atoms with E-state index in [4.69, 9.17) is 0 Å². The van der Waals surface area contributed by atoms with E-state index in [1.807, 2.05) is 54.9 Å². The zero-order valence-corrected chi connectivity index (χ0v) is 12.4. The van der Waals surface area contributed by atoms with Gasteiger partial charge in [0.25, 0.3) is 0 Å². The Bertz CT molecular complexity index is 730. The standard InChI is InChI=1S/C17H13BrN2/c18-15-5-4-6-16(11-15)19-12-14-9-10-20(13-14)17-7-2-1-3-8-17/h1-13H. The van der Waals surface area contributed by atoms with Crippen molar-refractivity contribution in [3.8, 4) is 5.69 Å². The minimum absolute atomic E-state index is 0.937. The van der Waals surface area contributed by atoms with Crippen LogP contribution in [-0.2, 0) is 0 Å². The summed E-state index contributed by atoms with van der Waals surface area (Å²) in [5.41, 5.74) is 3.16. The van der Waals surface area contributed by atoms with Crippen LogP contribution < -0.4 is 0 Å². The minimum atomic E-state index is 0.937. The summed E-state index contributed by atoms with van der Waals surface area (Å²) in [6.07, 6.45) is 5.98. The molecule has 20 heavy (non-hydrogen) atoms. The van der Waals surface area contributed by atoms with Crippen molar-refractivity contribution in [1.82, 2.24) is 4.57 Å². The summed E-state index contributed by atoms with van der Waals surface area (Å²) in [4.78, 5) is 4.48. The van der Waals surface area contributed by atoms with Crippen LogP contribution >= 0.6 is 15.9 Å². The third-order valence-electron chi connectivity index (χ3n) is 2.94. The smallest absolute Gasteiger partial charge is 0.0641 e. The summed E-state index contributed by atoms with van der Waals surface area (Å²) < 4.78 is 3.12. The van der Waals surface area contributed by atoms with Crippen molar-refractivity contribution in [2.24, 2.45) is 4.99 Å². The van der Waals surface area contributed by atoms with E-state index in [1.54, 1.807) is 0 Å². The summed E-state index contributed by atoms with van der Waals surface area (Å²) in [7, 11) is 0. The average molecular weight is 325 g/mol. The quantitative estimate of drug-likeness (QED) is 0.604. The lowest BCUT2D eigenvalue weighted by atomic mass is 10.3. The molecule has 0 N–H and O–H groups in total. The summed E-state index contributed by atoms with van der Waals surface area (Å²) in [5, 5.41) is 0. The van der Waals surface area contributed by atoms with Crippen LogP contribution in [0.15, 0.2) is 82.5 Å². The van der Waals surface area contributed by atoms with Crippen molar-refractivity contribution in [2.45, 2.75) is 0 Å². The molecular formula is C17H13BrN2. The number of hydrogen-bond acceptors (Lipinski definition) is 1. The van der Waals surface area contributed by atoms with Gasteiger partial charge in [-0.05, 0) is 36.4 Å². The lowest BCUT2D eigenvalue weighted by Gasteiger charge is -2.00. The predicted molar refractivity (Wildman–Crippen MR) is 87.2 cm³/mol. The summed E-state index contributed by atoms with van der Waals surface area (Å²) in [5.74, 6) is 0. The Labute approximate surface area is 126 Å². The fourth-order valence-electron chi connectivity index (χ4n) is 1.96. The molecule has 2 aromatic carbocycles. The normalized spacial score (nSPS) is 11.1. The second-order valence-electron chi connectivity index (χ2n) is 4.43. The van der Waals surface area contributed by atoms with Gasteiger partial charge in [0, 0.05) is 34.3 Å². The number of aromatic nitrogens is 1. The van der Waals surface area contributed by atoms with Gasteiger partial charge in [-0.1, -0.05) is 40.2 Å². The highest BCUT2D eigenvalue weighted by Gasteiger charge is 1.96. The van der Waals surface area contributed by atoms with E-state index in [-0.39, 0.29) is 0 Å².